The van der Waals surface area contributed by atoms with Crippen molar-refractivity contribution in [3.05, 3.63) is 108 Å². The molecule has 0 aliphatic heterocycles. The molecule has 2 atom stereocenters. The minimum atomic E-state index is 0.0710. The molecule has 39 heavy (non-hydrogen) atoms. The molecular formula is C37H38O2. The van der Waals surface area contributed by atoms with E-state index in [0.29, 0.717) is 16.9 Å². The van der Waals surface area contributed by atoms with Crippen LogP contribution in [0.2, 0.25) is 0 Å². The van der Waals surface area contributed by atoms with Gasteiger partial charge in [-0.2, -0.15) is 0 Å². The average Bonchev–Trinajstić information content (AvgIpc) is 2.93. The van der Waals surface area contributed by atoms with E-state index >= 15 is 0 Å². The van der Waals surface area contributed by atoms with Crippen molar-refractivity contribution >= 4 is 0 Å². The van der Waals surface area contributed by atoms with Crippen LogP contribution in [0.15, 0.2) is 97.1 Å². The summed E-state index contributed by atoms with van der Waals surface area (Å²) in [5.74, 6) is 0.707. The monoisotopic (exact) mass is 514 g/mol. The molecule has 0 spiro atoms. The molecular weight excluding hydrogens is 476 g/mol. The molecule has 8 rings (SSSR count). The van der Waals surface area contributed by atoms with E-state index < -0.39 is 0 Å². The molecule has 4 fully saturated rings. The first-order valence-electron chi connectivity index (χ1n) is 14.5. The molecule has 4 aliphatic rings. The second-order valence-corrected chi connectivity index (χ2v) is 13.5. The maximum Gasteiger partial charge on any atom is 0.123 e. The molecule has 4 saturated carbocycles. The highest BCUT2D eigenvalue weighted by atomic mass is 16.3. The Labute approximate surface area is 232 Å². The summed E-state index contributed by atoms with van der Waals surface area (Å²) < 4.78 is 0. The van der Waals surface area contributed by atoms with E-state index in [-0.39, 0.29) is 16.2 Å². The number of aromatic hydroxyl groups is 2. The summed E-state index contributed by atoms with van der Waals surface area (Å²) in [6.07, 6.45) is 8.45. The Morgan fingerprint density at radius 1 is 0.564 bits per heavy atom. The molecule has 198 valence electrons. The predicted molar refractivity (Wildman–Crippen MR) is 159 cm³/mol. The van der Waals surface area contributed by atoms with Gasteiger partial charge in [0.25, 0.3) is 0 Å². The second-order valence-electron chi connectivity index (χ2n) is 13.5. The fourth-order valence-electron chi connectivity index (χ4n) is 9.79. The largest absolute Gasteiger partial charge is 0.507 e. The highest BCUT2D eigenvalue weighted by Crippen LogP contribution is 2.75. The van der Waals surface area contributed by atoms with Crippen molar-refractivity contribution in [2.75, 3.05) is 0 Å². The standard InChI is InChI=1S/C37H38O2/c1-3-35-20-34(2)21-36(23-35,28-14-16-32(38)30(18-28)26-10-6-4-7-11-26)25-37(22-34,24-35)29-15-17-33(39)31(19-29)27-12-8-5-9-13-27/h4-19,38-39H,3,20-25H2,1-2H3. The van der Waals surface area contributed by atoms with Crippen LogP contribution in [-0.2, 0) is 10.8 Å². The van der Waals surface area contributed by atoms with Crippen LogP contribution < -0.4 is 0 Å². The van der Waals surface area contributed by atoms with Gasteiger partial charge in [0.1, 0.15) is 11.5 Å². The van der Waals surface area contributed by atoms with Crippen molar-refractivity contribution in [2.24, 2.45) is 10.8 Å². The van der Waals surface area contributed by atoms with Crippen LogP contribution in [0.4, 0.5) is 0 Å². The number of hydrogen-bond acceptors (Lipinski definition) is 2. The molecule has 4 aromatic carbocycles. The fourth-order valence-corrected chi connectivity index (χ4v) is 9.79. The Morgan fingerprint density at radius 3 is 1.46 bits per heavy atom. The van der Waals surface area contributed by atoms with E-state index in [1.807, 2.05) is 48.5 Å². The van der Waals surface area contributed by atoms with Gasteiger partial charge in [-0.15, -0.1) is 0 Å². The lowest BCUT2D eigenvalue weighted by Gasteiger charge is -2.71. The average molecular weight is 515 g/mol. The Morgan fingerprint density at radius 2 is 1.03 bits per heavy atom. The molecule has 0 amide bonds. The van der Waals surface area contributed by atoms with Crippen molar-refractivity contribution in [3.63, 3.8) is 0 Å². The summed E-state index contributed by atoms with van der Waals surface area (Å²) in [5, 5.41) is 21.8. The van der Waals surface area contributed by atoms with Crippen molar-refractivity contribution in [2.45, 2.75) is 69.6 Å². The van der Waals surface area contributed by atoms with E-state index in [0.717, 1.165) is 28.7 Å². The normalized spacial score (nSPS) is 30.9. The molecule has 2 heteroatoms. The zero-order valence-corrected chi connectivity index (χ0v) is 23.1. The lowest BCUT2D eigenvalue weighted by molar-refractivity contribution is -0.136. The topological polar surface area (TPSA) is 40.5 Å². The SMILES string of the molecule is CCC12CC3(C)CC(c4ccc(O)c(-c5ccccc5)c4)(C1)CC(c1ccc(O)c(-c4ccccc4)c1)(C3)C2. The van der Waals surface area contributed by atoms with Crippen molar-refractivity contribution < 1.29 is 10.2 Å². The second kappa shape index (κ2) is 8.49. The highest BCUT2D eigenvalue weighted by Gasteiger charge is 2.67. The number of rotatable bonds is 5. The quantitative estimate of drug-likeness (QED) is 0.278. The van der Waals surface area contributed by atoms with Gasteiger partial charge >= 0.3 is 0 Å². The molecule has 0 heterocycles. The maximum atomic E-state index is 10.9. The van der Waals surface area contributed by atoms with Crippen molar-refractivity contribution in [3.8, 4) is 33.8 Å². The van der Waals surface area contributed by atoms with Gasteiger partial charge in [-0.25, -0.2) is 0 Å². The van der Waals surface area contributed by atoms with Crippen LogP contribution in [0.25, 0.3) is 22.3 Å². The number of hydrogen-bond donors (Lipinski definition) is 2. The first kappa shape index (κ1) is 24.5. The molecule has 0 radical (unpaired) electrons. The van der Waals surface area contributed by atoms with E-state index in [2.05, 4.69) is 62.4 Å². The molecule has 4 bridgehead atoms. The molecule has 2 nitrogen and oxygen atoms in total. The third-order valence-electron chi connectivity index (χ3n) is 10.6. The molecule has 0 saturated heterocycles. The molecule has 4 aliphatic carbocycles. The van der Waals surface area contributed by atoms with E-state index in [1.54, 1.807) is 0 Å². The molecule has 2 N–H and O–H groups in total. The number of phenolic OH excluding ortho intramolecular Hbond substituents is 2. The summed E-state index contributed by atoms with van der Waals surface area (Å²) >= 11 is 0. The zero-order valence-electron chi connectivity index (χ0n) is 23.1. The summed E-state index contributed by atoms with van der Waals surface area (Å²) in [7, 11) is 0. The van der Waals surface area contributed by atoms with Gasteiger partial charge in [-0.1, -0.05) is 93.1 Å². The van der Waals surface area contributed by atoms with Crippen molar-refractivity contribution in [1.29, 1.82) is 0 Å². The highest BCUT2D eigenvalue weighted by molar-refractivity contribution is 5.72. The van der Waals surface area contributed by atoms with Gasteiger partial charge in [0.15, 0.2) is 0 Å². The minimum absolute atomic E-state index is 0.0710. The van der Waals surface area contributed by atoms with Crippen LogP contribution >= 0.6 is 0 Å². The van der Waals surface area contributed by atoms with E-state index in [1.165, 1.54) is 49.7 Å². The van der Waals surface area contributed by atoms with E-state index in [4.69, 9.17) is 0 Å². The van der Waals surface area contributed by atoms with Gasteiger partial charge < -0.3 is 10.2 Å². The molecule has 4 aromatic rings. The van der Waals surface area contributed by atoms with Crippen LogP contribution in [0, 0.1) is 10.8 Å². The summed E-state index contributed by atoms with van der Waals surface area (Å²) in [6.45, 7) is 4.94. The van der Waals surface area contributed by atoms with Gasteiger partial charge in [0, 0.05) is 11.1 Å². The van der Waals surface area contributed by atoms with Crippen LogP contribution in [0.1, 0.15) is 69.9 Å². The third kappa shape index (κ3) is 3.83. The summed E-state index contributed by atoms with van der Waals surface area (Å²) in [6, 6.07) is 33.5. The summed E-state index contributed by atoms with van der Waals surface area (Å²) in [5.41, 5.74) is 7.48. The smallest absolute Gasteiger partial charge is 0.123 e. The molecule has 2 unspecified atom stereocenters. The fraction of sp³-hybridized carbons (Fsp3) is 0.351. The Kier molecular flexibility index (Phi) is 5.34. The Bertz CT molecular complexity index is 1430. The lowest BCUT2D eigenvalue weighted by Crippen LogP contribution is -2.63. The minimum Gasteiger partial charge on any atom is -0.507 e. The van der Waals surface area contributed by atoms with Crippen LogP contribution in [0.3, 0.4) is 0 Å². The zero-order chi connectivity index (χ0) is 26.9. The van der Waals surface area contributed by atoms with Crippen molar-refractivity contribution in [1.82, 2.24) is 0 Å². The van der Waals surface area contributed by atoms with Crippen LogP contribution in [0.5, 0.6) is 11.5 Å². The van der Waals surface area contributed by atoms with Gasteiger partial charge in [0.2, 0.25) is 0 Å². The Balaban J connectivity index is 1.39. The first-order valence-corrected chi connectivity index (χ1v) is 14.5. The van der Waals surface area contributed by atoms with Crippen LogP contribution in [-0.4, -0.2) is 10.2 Å². The summed E-state index contributed by atoms with van der Waals surface area (Å²) in [4.78, 5) is 0. The lowest BCUT2D eigenvalue weighted by atomic mass is 9.33. The first-order chi connectivity index (χ1) is 18.8. The number of phenols is 2. The third-order valence-corrected chi connectivity index (χ3v) is 10.6. The van der Waals surface area contributed by atoms with E-state index in [9.17, 15) is 10.2 Å². The predicted octanol–water partition coefficient (Wildman–Crippen LogP) is 9.39. The Hall–Kier alpha value is -3.52. The molecule has 0 aromatic heterocycles. The van der Waals surface area contributed by atoms with Gasteiger partial charge in [-0.3, -0.25) is 0 Å². The number of benzene rings is 4. The maximum absolute atomic E-state index is 10.9. The van der Waals surface area contributed by atoms with Gasteiger partial charge in [-0.05, 0) is 107 Å². The van der Waals surface area contributed by atoms with Gasteiger partial charge in [0.05, 0.1) is 0 Å².